The molecule has 0 saturated carbocycles. The van der Waals surface area contributed by atoms with Crippen LogP contribution in [0.1, 0.15) is 46.5 Å². The van der Waals surface area contributed by atoms with Gasteiger partial charge in [0.2, 0.25) is 0 Å². The van der Waals surface area contributed by atoms with Crippen molar-refractivity contribution in [1.82, 2.24) is 5.32 Å². The third kappa shape index (κ3) is 2.96. The second-order valence-electron chi connectivity index (χ2n) is 5.09. The Bertz CT molecular complexity index is 162. The first-order valence-electron chi connectivity index (χ1n) is 5.89. The Kier molecular flexibility index (Phi) is 4.39. The van der Waals surface area contributed by atoms with Gasteiger partial charge < -0.3 is 10.1 Å². The monoisotopic (exact) mass is 199 g/mol. The summed E-state index contributed by atoms with van der Waals surface area (Å²) in [5, 5.41) is 3.42. The van der Waals surface area contributed by atoms with Gasteiger partial charge in [0.1, 0.15) is 0 Å². The van der Waals surface area contributed by atoms with Gasteiger partial charge in [-0.3, -0.25) is 0 Å². The molecule has 0 aromatic heterocycles. The molecule has 2 heteroatoms. The van der Waals surface area contributed by atoms with Crippen LogP contribution in [0.5, 0.6) is 0 Å². The normalized spacial score (nSPS) is 30.6. The number of ether oxygens (including phenoxy) is 1. The molecule has 1 N–H and O–H groups in total. The summed E-state index contributed by atoms with van der Waals surface area (Å²) in [6.07, 6.45) is 4.94. The van der Waals surface area contributed by atoms with Crippen LogP contribution in [0.2, 0.25) is 0 Å². The first-order valence-corrected chi connectivity index (χ1v) is 5.89. The molecule has 0 radical (unpaired) electrons. The van der Waals surface area contributed by atoms with Gasteiger partial charge in [-0.1, -0.05) is 13.8 Å². The third-order valence-electron chi connectivity index (χ3n) is 3.29. The van der Waals surface area contributed by atoms with E-state index in [-0.39, 0.29) is 5.60 Å². The van der Waals surface area contributed by atoms with Crippen molar-refractivity contribution in [2.75, 3.05) is 13.7 Å². The Balaban J connectivity index is 2.55. The Hall–Kier alpha value is -0.0800. The maximum absolute atomic E-state index is 5.96. The molecule has 1 heterocycles. The first kappa shape index (κ1) is 12.0. The average Bonchev–Trinajstić information content (AvgIpc) is 2.15. The summed E-state index contributed by atoms with van der Waals surface area (Å²) in [5.74, 6) is 0.731. The van der Waals surface area contributed by atoms with E-state index >= 15 is 0 Å². The molecule has 84 valence electrons. The van der Waals surface area contributed by atoms with E-state index in [0.717, 1.165) is 12.5 Å². The minimum absolute atomic E-state index is 0.0667. The SMILES string of the molecule is CNC(CC(C)C)C1(C)CCCCO1. The molecule has 0 spiro atoms. The van der Waals surface area contributed by atoms with Crippen molar-refractivity contribution in [2.45, 2.75) is 58.1 Å². The van der Waals surface area contributed by atoms with Crippen molar-refractivity contribution in [1.29, 1.82) is 0 Å². The molecule has 0 aromatic carbocycles. The predicted molar refractivity (Wildman–Crippen MR) is 60.5 cm³/mol. The van der Waals surface area contributed by atoms with Crippen LogP contribution in [0, 0.1) is 5.92 Å². The van der Waals surface area contributed by atoms with E-state index < -0.39 is 0 Å². The predicted octanol–water partition coefficient (Wildman–Crippen LogP) is 2.58. The van der Waals surface area contributed by atoms with E-state index in [0.29, 0.717) is 6.04 Å². The van der Waals surface area contributed by atoms with E-state index in [2.05, 4.69) is 33.1 Å². The Morgan fingerprint density at radius 3 is 2.50 bits per heavy atom. The maximum Gasteiger partial charge on any atom is 0.0806 e. The minimum atomic E-state index is 0.0667. The van der Waals surface area contributed by atoms with Gasteiger partial charge in [-0.15, -0.1) is 0 Å². The molecule has 14 heavy (non-hydrogen) atoms. The van der Waals surface area contributed by atoms with Crippen molar-refractivity contribution in [3.63, 3.8) is 0 Å². The van der Waals surface area contributed by atoms with E-state index in [1.54, 1.807) is 0 Å². The second-order valence-corrected chi connectivity index (χ2v) is 5.09. The van der Waals surface area contributed by atoms with Crippen molar-refractivity contribution in [3.05, 3.63) is 0 Å². The molecule has 1 aliphatic rings. The molecule has 2 atom stereocenters. The quantitative estimate of drug-likeness (QED) is 0.751. The summed E-state index contributed by atoms with van der Waals surface area (Å²) in [6.45, 7) is 7.75. The van der Waals surface area contributed by atoms with Gasteiger partial charge in [-0.25, -0.2) is 0 Å². The van der Waals surface area contributed by atoms with Crippen LogP contribution in [0.4, 0.5) is 0 Å². The summed E-state index contributed by atoms with van der Waals surface area (Å²) < 4.78 is 5.96. The average molecular weight is 199 g/mol. The van der Waals surface area contributed by atoms with Crippen LogP contribution in [0.15, 0.2) is 0 Å². The first-order chi connectivity index (χ1) is 6.58. The van der Waals surface area contributed by atoms with Crippen LogP contribution in [-0.4, -0.2) is 25.3 Å². The Labute approximate surface area is 88.4 Å². The molecule has 1 rings (SSSR count). The lowest BCUT2D eigenvalue weighted by atomic mass is 9.84. The second kappa shape index (κ2) is 5.13. The molecule has 2 nitrogen and oxygen atoms in total. The van der Waals surface area contributed by atoms with Gasteiger partial charge in [-0.05, 0) is 45.6 Å². The standard InChI is InChI=1S/C12H25NO/c1-10(2)9-11(13-4)12(3)7-5-6-8-14-12/h10-11,13H,5-9H2,1-4H3. The Morgan fingerprint density at radius 2 is 2.07 bits per heavy atom. The lowest BCUT2D eigenvalue weighted by molar-refractivity contribution is -0.0906. The van der Waals surface area contributed by atoms with Crippen LogP contribution >= 0.6 is 0 Å². The molecule has 1 fully saturated rings. The number of hydrogen-bond donors (Lipinski definition) is 1. The molecule has 0 aromatic rings. The molecule has 2 unspecified atom stereocenters. The fourth-order valence-electron chi connectivity index (χ4n) is 2.37. The summed E-state index contributed by atoms with van der Waals surface area (Å²) in [7, 11) is 2.05. The fraction of sp³-hybridized carbons (Fsp3) is 1.00. The molecule has 0 bridgehead atoms. The molecular formula is C12H25NO. The number of likely N-dealkylation sites (N-methyl/N-ethyl adjacent to an activating group) is 1. The van der Waals surface area contributed by atoms with E-state index in [1.165, 1.54) is 25.7 Å². The van der Waals surface area contributed by atoms with Gasteiger partial charge in [0.15, 0.2) is 0 Å². The van der Waals surface area contributed by atoms with Gasteiger partial charge in [0, 0.05) is 12.6 Å². The topological polar surface area (TPSA) is 21.3 Å². The highest BCUT2D eigenvalue weighted by molar-refractivity contribution is 4.91. The molecule has 0 aliphatic carbocycles. The van der Waals surface area contributed by atoms with E-state index in [1.807, 2.05) is 0 Å². The van der Waals surface area contributed by atoms with Crippen LogP contribution in [0.3, 0.4) is 0 Å². The van der Waals surface area contributed by atoms with Gasteiger partial charge in [-0.2, -0.15) is 0 Å². The molecule has 1 saturated heterocycles. The zero-order valence-corrected chi connectivity index (χ0v) is 10.1. The Morgan fingerprint density at radius 1 is 1.36 bits per heavy atom. The van der Waals surface area contributed by atoms with Crippen molar-refractivity contribution >= 4 is 0 Å². The van der Waals surface area contributed by atoms with Crippen LogP contribution < -0.4 is 5.32 Å². The number of nitrogens with one attached hydrogen (secondary N) is 1. The zero-order chi connectivity index (χ0) is 10.6. The smallest absolute Gasteiger partial charge is 0.0806 e. The number of hydrogen-bond acceptors (Lipinski definition) is 2. The van der Waals surface area contributed by atoms with Crippen molar-refractivity contribution < 1.29 is 4.74 Å². The van der Waals surface area contributed by atoms with Gasteiger partial charge in [0.05, 0.1) is 5.60 Å². The summed E-state index contributed by atoms with van der Waals surface area (Å²) in [5.41, 5.74) is 0.0667. The van der Waals surface area contributed by atoms with Gasteiger partial charge in [0.25, 0.3) is 0 Å². The molecule has 0 amide bonds. The largest absolute Gasteiger partial charge is 0.374 e. The van der Waals surface area contributed by atoms with Crippen molar-refractivity contribution in [3.8, 4) is 0 Å². The summed E-state index contributed by atoms with van der Waals surface area (Å²) >= 11 is 0. The van der Waals surface area contributed by atoms with Crippen LogP contribution in [-0.2, 0) is 4.74 Å². The zero-order valence-electron chi connectivity index (χ0n) is 10.1. The van der Waals surface area contributed by atoms with Gasteiger partial charge >= 0.3 is 0 Å². The third-order valence-corrected chi connectivity index (χ3v) is 3.29. The fourth-order valence-corrected chi connectivity index (χ4v) is 2.37. The maximum atomic E-state index is 5.96. The van der Waals surface area contributed by atoms with Crippen LogP contribution in [0.25, 0.3) is 0 Å². The summed E-state index contributed by atoms with van der Waals surface area (Å²) in [6, 6.07) is 0.503. The van der Waals surface area contributed by atoms with Crippen molar-refractivity contribution in [2.24, 2.45) is 5.92 Å². The van der Waals surface area contributed by atoms with E-state index in [9.17, 15) is 0 Å². The lowest BCUT2D eigenvalue weighted by Crippen LogP contribution is -2.51. The minimum Gasteiger partial charge on any atom is -0.374 e. The molecule has 1 aliphatic heterocycles. The van der Waals surface area contributed by atoms with E-state index in [4.69, 9.17) is 4.74 Å². The summed E-state index contributed by atoms with van der Waals surface area (Å²) in [4.78, 5) is 0. The number of rotatable bonds is 4. The highest BCUT2D eigenvalue weighted by Gasteiger charge is 2.35. The highest BCUT2D eigenvalue weighted by Crippen LogP contribution is 2.30. The molecular weight excluding hydrogens is 174 g/mol. The highest BCUT2D eigenvalue weighted by atomic mass is 16.5. The lowest BCUT2D eigenvalue weighted by Gasteiger charge is -2.41.